The molecule has 2 aliphatic rings. The van der Waals surface area contributed by atoms with Crippen LogP contribution in [0.5, 0.6) is 0 Å². The van der Waals surface area contributed by atoms with Gasteiger partial charge in [-0.2, -0.15) is 0 Å². The molecule has 0 spiro atoms. The van der Waals surface area contributed by atoms with E-state index in [9.17, 15) is 0 Å². The summed E-state index contributed by atoms with van der Waals surface area (Å²) < 4.78 is 19.0. The molecule has 1 heterocycles. The molecule has 3 N–H and O–H groups in total. The molecule has 2 rings (SSSR count). The van der Waals surface area contributed by atoms with Gasteiger partial charge in [-0.1, -0.05) is 69.1 Å². The number of nitrogens with two attached hydrogens (primary N) is 1. The summed E-state index contributed by atoms with van der Waals surface area (Å²) >= 11 is 0. The molecule has 0 aromatic heterocycles. The lowest BCUT2D eigenvalue weighted by Gasteiger charge is -2.36. The fraction of sp³-hybridized carbons (Fsp3) is 0.625. The van der Waals surface area contributed by atoms with Gasteiger partial charge in [0, 0.05) is 37.8 Å². The fourth-order valence-electron chi connectivity index (χ4n) is 5.13. The highest BCUT2D eigenvalue weighted by Crippen LogP contribution is 2.38. The third-order valence-electron chi connectivity index (χ3n) is 7.29. The number of nitrogens with one attached hydrogen (secondary N) is 1. The zero-order chi connectivity index (χ0) is 27.5. The third kappa shape index (κ3) is 10.9. The quantitative estimate of drug-likeness (QED) is 0.189. The van der Waals surface area contributed by atoms with Gasteiger partial charge in [0.15, 0.2) is 5.79 Å². The first-order valence-electron chi connectivity index (χ1n) is 14.6. The number of likely N-dealkylation sites (N-methyl/N-ethyl adjacent to an activating group) is 1. The molecule has 0 aromatic carbocycles. The number of allylic oxidation sites excluding steroid dienone is 8. The summed E-state index contributed by atoms with van der Waals surface area (Å²) in [6.45, 7) is 12.1. The Morgan fingerprint density at radius 3 is 2.45 bits per heavy atom. The van der Waals surface area contributed by atoms with Gasteiger partial charge >= 0.3 is 0 Å². The van der Waals surface area contributed by atoms with E-state index in [1.54, 1.807) is 0 Å². The summed E-state index contributed by atoms with van der Waals surface area (Å²) in [6, 6.07) is 0. The minimum Gasteiger partial charge on any atom is -0.491 e. The normalized spacial score (nSPS) is 24.4. The number of ether oxygens (including phenoxy) is 3. The molecule has 6 heteroatoms. The molecule has 2 atom stereocenters. The summed E-state index contributed by atoms with van der Waals surface area (Å²) in [5.41, 5.74) is 7.35. The molecule has 6 nitrogen and oxygen atoms in total. The number of nitrogens with zero attached hydrogens (tertiary/aromatic N) is 1. The molecule has 1 saturated heterocycles. The molecule has 0 bridgehead atoms. The minimum absolute atomic E-state index is 0.115. The van der Waals surface area contributed by atoms with Gasteiger partial charge in [0.05, 0.1) is 6.61 Å². The number of hydrogen-bond acceptors (Lipinski definition) is 6. The SMILES string of the molecule is C=C/C(=C\C=C/C)N(CC\C=C/C(=C\C=C/C)OCC1COC(CN)(C2CCCCCCC2)O1)CCNC. The van der Waals surface area contributed by atoms with Crippen molar-refractivity contribution in [3.63, 3.8) is 0 Å². The summed E-state index contributed by atoms with van der Waals surface area (Å²) in [5.74, 6) is 0.524. The van der Waals surface area contributed by atoms with Crippen LogP contribution >= 0.6 is 0 Å². The van der Waals surface area contributed by atoms with Crippen molar-refractivity contribution in [2.24, 2.45) is 11.7 Å². The predicted molar refractivity (Wildman–Crippen MR) is 160 cm³/mol. The lowest BCUT2D eigenvalue weighted by Crippen LogP contribution is -2.47. The third-order valence-corrected chi connectivity index (χ3v) is 7.29. The van der Waals surface area contributed by atoms with Crippen molar-refractivity contribution in [2.45, 2.75) is 77.1 Å². The van der Waals surface area contributed by atoms with Crippen LogP contribution in [0.1, 0.15) is 65.2 Å². The van der Waals surface area contributed by atoms with E-state index in [1.807, 2.05) is 51.3 Å². The largest absolute Gasteiger partial charge is 0.491 e. The maximum atomic E-state index is 6.48. The second kappa shape index (κ2) is 19.0. The van der Waals surface area contributed by atoms with Crippen LogP contribution < -0.4 is 11.1 Å². The summed E-state index contributed by atoms with van der Waals surface area (Å²) in [5, 5.41) is 3.24. The van der Waals surface area contributed by atoms with Crippen molar-refractivity contribution in [3.05, 3.63) is 72.7 Å². The molecule has 1 aliphatic carbocycles. The van der Waals surface area contributed by atoms with Crippen LogP contribution in [0.25, 0.3) is 0 Å². The van der Waals surface area contributed by atoms with Gasteiger partial charge in [0.25, 0.3) is 0 Å². The van der Waals surface area contributed by atoms with Gasteiger partial charge in [-0.05, 0) is 64.5 Å². The Kier molecular flexibility index (Phi) is 16.1. The van der Waals surface area contributed by atoms with Crippen molar-refractivity contribution < 1.29 is 14.2 Å². The van der Waals surface area contributed by atoms with Crippen molar-refractivity contribution >= 4 is 0 Å². The molecular weight excluding hydrogens is 474 g/mol. The zero-order valence-electron chi connectivity index (χ0n) is 24.2. The van der Waals surface area contributed by atoms with Crippen LogP contribution in [0.15, 0.2) is 72.7 Å². The molecule has 0 amide bonds. The van der Waals surface area contributed by atoms with E-state index in [4.69, 9.17) is 19.9 Å². The Labute approximate surface area is 232 Å². The molecule has 38 heavy (non-hydrogen) atoms. The first-order valence-corrected chi connectivity index (χ1v) is 14.6. The van der Waals surface area contributed by atoms with Crippen molar-refractivity contribution in [1.29, 1.82) is 0 Å². The van der Waals surface area contributed by atoms with E-state index in [0.29, 0.717) is 25.7 Å². The molecule has 1 aliphatic heterocycles. The molecular formula is C32H53N3O3. The summed E-state index contributed by atoms with van der Waals surface area (Å²) in [7, 11) is 1.98. The molecule has 0 aromatic rings. The van der Waals surface area contributed by atoms with Gasteiger partial charge in [-0.3, -0.25) is 0 Å². The average molecular weight is 528 g/mol. The van der Waals surface area contributed by atoms with E-state index in [-0.39, 0.29) is 6.10 Å². The highest BCUT2D eigenvalue weighted by atomic mass is 16.8. The van der Waals surface area contributed by atoms with E-state index < -0.39 is 5.79 Å². The highest BCUT2D eigenvalue weighted by Gasteiger charge is 2.46. The summed E-state index contributed by atoms with van der Waals surface area (Å²) in [6.07, 6.45) is 27.8. The molecule has 0 radical (unpaired) electrons. The molecule has 2 unspecified atom stereocenters. The van der Waals surface area contributed by atoms with Gasteiger partial charge in [0.2, 0.25) is 0 Å². The molecule has 214 valence electrons. The fourth-order valence-corrected chi connectivity index (χ4v) is 5.13. The van der Waals surface area contributed by atoms with E-state index in [2.05, 4.69) is 41.1 Å². The van der Waals surface area contributed by atoms with Crippen LogP contribution in [0.3, 0.4) is 0 Å². The smallest absolute Gasteiger partial charge is 0.184 e. The summed E-state index contributed by atoms with van der Waals surface area (Å²) in [4.78, 5) is 2.34. The topological polar surface area (TPSA) is 69.0 Å². The van der Waals surface area contributed by atoms with Crippen LogP contribution in [0, 0.1) is 5.92 Å². The Bertz CT molecular complexity index is 809. The van der Waals surface area contributed by atoms with E-state index >= 15 is 0 Å². The Balaban J connectivity index is 1.94. The van der Waals surface area contributed by atoms with Crippen molar-refractivity contribution in [3.8, 4) is 0 Å². The average Bonchev–Trinajstić information content (AvgIpc) is 3.34. The Morgan fingerprint density at radius 1 is 1.08 bits per heavy atom. The Hall–Kier alpha value is -2.12. The van der Waals surface area contributed by atoms with Gasteiger partial charge < -0.3 is 30.2 Å². The van der Waals surface area contributed by atoms with Crippen LogP contribution in [0.2, 0.25) is 0 Å². The monoisotopic (exact) mass is 527 g/mol. The van der Waals surface area contributed by atoms with Crippen molar-refractivity contribution in [1.82, 2.24) is 10.2 Å². The maximum absolute atomic E-state index is 6.48. The van der Waals surface area contributed by atoms with Gasteiger partial charge in [-0.25, -0.2) is 0 Å². The maximum Gasteiger partial charge on any atom is 0.184 e. The molecule has 1 saturated carbocycles. The van der Waals surface area contributed by atoms with Crippen LogP contribution in [0.4, 0.5) is 0 Å². The lowest BCUT2D eigenvalue weighted by molar-refractivity contribution is -0.204. The lowest BCUT2D eigenvalue weighted by atomic mass is 9.85. The highest BCUT2D eigenvalue weighted by molar-refractivity contribution is 5.22. The van der Waals surface area contributed by atoms with Gasteiger partial charge in [-0.15, -0.1) is 0 Å². The van der Waals surface area contributed by atoms with Crippen molar-refractivity contribution in [2.75, 3.05) is 46.4 Å². The predicted octanol–water partition coefficient (Wildman–Crippen LogP) is 6.01. The second-order valence-electron chi connectivity index (χ2n) is 10.1. The Morgan fingerprint density at radius 2 is 1.79 bits per heavy atom. The van der Waals surface area contributed by atoms with E-state index in [0.717, 1.165) is 50.4 Å². The van der Waals surface area contributed by atoms with Gasteiger partial charge in [0.1, 0.15) is 18.5 Å². The number of hydrogen-bond donors (Lipinski definition) is 2. The standard InChI is InChI=1S/C32H53N3O3/c1-5-8-19-29(7-3)35(24-22-34-4)23-16-15-21-30(20-9-6-2)36-25-31-26-37-32(27-33,38-31)28-17-13-11-10-12-14-18-28/h5-9,15,19-21,28,31,34H,3,10-14,16-18,22-27,33H2,1-2,4H3/b8-5-,9-6-,21-15-,29-19+,30-20+. The molecule has 2 fully saturated rings. The van der Waals surface area contributed by atoms with Crippen LogP contribution in [-0.2, 0) is 14.2 Å². The first kappa shape index (κ1) is 32.1. The van der Waals surface area contributed by atoms with Crippen LogP contribution in [-0.4, -0.2) is 63.2 Å². The number of rotatable bonds is 16. The van der Waals surface area contributed by atoms with E-state index in [1.165, 1.54) is 32.1 Å². The minimum atomic E-state index is -0.658. The first-order chi connectivity index (χ1) is 18.6. The second-order valence-corrected chi connectivity index (χ2v) is 10.1. The zero-order valence-corrected chi connectivity index (χ0v) is 24.2.